The molecule has 2 N–H and O–H groups in total. The summed E-state index contributed by atoms with van der Waals surface area (Å²) in [4.78, 5) is 15.1. The number of nitrogens with one attached hydrogen (secondary N) is 2. The summed E-state index contributed by atoms with van der Waals surface area (Å²) >= 11 is 0. The van der Waals surface area contributed by atoms with Crippen LogP contribution >= 0.6 is 0 Å². The van der Waals surface area contributed by atoms with Crippen LogP contribution in [0.1, 0.15) is 13.3 Å². The first kappa shape index (κ1) is 15.3. The van der Waals surface area contributed by atoms with E-state index in [2.05, 4.69) is 15.6 Å². The van der Waals surface area contributed by atoms with Crippen molar-refractivity contribution in [2.75, 3.05) is 13.6 Å². The molecule has 0 aromatic heterocycles. The molecule has 1 unspecified atom stereocenters. The first-order valence-electron chi connectivity index (χ1n) is 5.78. The van der Waals surface area contributed by atoms with Crippen LogP contribution in [0.3, 0.4) is 0 Å². The number of alkyl halides is 3. The Morgan fingerprint density at radius 1 is 1.58 bits per heavy atom. The van der Waals surface area contributed by atoms with Gasteiger partial charge < -0.3 is 10.6 Å². The zero-order valence-electron chi connectivity index (χ0n) is 10.7. The van der Waals surface area contributed by atoms with E-state index in [9.17, 15) is 18.0 Å². The van der Waals surface area contributed by atoms with E-state index in [0.29, 0.717) is 0 Å². The van der Waals surface area contributed by atoms with Gasteiger partial charge in [-0.1, -0.05) is 18.2 Å². The molecule has 1 rings (SSSR count). The van der Waals surface area contributed by atoms with Crippen LogP contribution in [0.5, 0.6) is 0 Å². The Kier molecular flexibility index (Phi) is 5.14. The summed E-state index contributed by atoms with van der Waals surface area (Å²) in [7, 11) is 1.46. The Hall–Kier alpha value is -1.79. The molecule has 7 heteroatoms. The van der Waals surface area contributed by atoms with Crippen molar-refractivity contribution in [2.45, 2.75) is 25.6 Å². The van der Waals surface area contributed by atoms with Gasteiger partial charge in [0, 0.05) is 13.1 Å². The lowest BCUT2D eigenvalue weighted by Crippen LogP contribution is -2.35. The summed E-state index contributed by atoms with van der Waals surface area (Å²) in [6, 6.07) is -0.202. The Bertz CT molecular complexity index is 424. The molecule has 19 heavy (non-hydrogen) atoms. The fourth-order valence-corrected chi connectivity index (χ4v) is 1.46. The average Bonchev–Trinajstić information content (AvgIpc) is 2.38. The van der Waals surface area contributed by atoms with Gasteiger partial charge in [-0.3, -0.25) is 9.79 Å². The molecule has 106 valence electrons. The predicted octanol–water partition coefficient (Wildman–Crippen LogP) is 1.56. The number of amides is 1. The third-order valence-corrected chi connectivity index (χ3v) is 2.50. The van der Waals surface area contributed by atoms with Crippen molar-refractivity contribution < 1.29 is 18.0 Å². The van der Waals surface area contributed by atoms with E-state index < -0.39 is 18.3 Å². The zero-order valence-corrected chi connectivity index (χ0v) is 10.7. The predicted molar refractivity (Wildman–Crippen MR) is 66.9 cm³/mol. The maximum atomic E-state index is 12.7. The maximum Gasteiger partial charge on any atom is 0.414 e. The van der Waals surface area contributed by atoms with Crippen LogP contribution in [0.25, 0.3) is 0 Å². The van der Waals surface area contributed by atoms with Gasteiger partial charge in [0.05, 0.1) is 18.5 Å². The van der Waals surface area contributed by atoms with Gasteiger partial charge in [-0.15, -0.1) is 0 Å². The molecule has 1 heterocycles. The molecule has 0 aromatic rings. The maximum absolute atomic E-state index is 12.7. The van der Waals surface area contributed by atoms with Crippen molar-refractivity contribution >= 4 is 11.7 Å². The molecule has 0 radical (unpaired) electrons. The normalized spacial score (nSPS) is 24.8. The number of rotatable bonds is 2. The monoisotopic (exact) mass is 275 g/mol. The smallest absolute Gasteiger partial charge is 0.367 e. The Morgan fingerprint density at radius 3 is 2.84 bits per heavy atom. The first-order chi connectivity index (χ1) is 8.82. The molecule has 0 saturated carbocycles. The third-order valence-electron chi connectivity index (χ3n) is 2.50. The van der Waals surface area contributed by atoms with Crippen molar-refractivity contribution in [1.82, 2.24) is 10.6 Å². The highest BCUT2D eigenvalue weighted by Gasteiger charge is 2.33. The van der Waals surface area contributed by atoms with E-state index in [1.165, 1.54) is 13.1 Å². The lowest BCUT2D eigenvalue weighted by Gasteiger charge is -2.13. The van der Waals surface area contributed by atoms with Gasteiger partial charge in [0.2, 0.25) is 5.91 Å². The molecular weight excluding hydrogens is 259 g/mol. The largest absolute Gasteiger partial charge is 0.414 e. The van der Waals surface area contributed by atoms with Crippen molar-refractivity contribution in [3.63, 3.8) is 0 Å². The minimum Gasteiger partial charge on any atom is -0.367 e. The first-order valence-corrected chi connectivity index (χ1v) is 5.78. The Balaban J connectivity index is 2.94. The molecular formula is C12H16F3N3O. The number of carbonyl (C=O) groups is 1. The fraction of sp³-hybridized carbons (Fsp3) is 0.500. The molecule has 0 bridgehead atoms. The van der Waals surface area contributed by atoms with Crippen LogP contribution < -0.4 is 10.6 Å². The second-order valence-corrected chi connectivity index (χ2v) is 4.12. The van der Waals surface area contributed by atoms with Crippen LogP contribution in [0.15, 0.2) is 28.8 Å². The van der Waals surface area contributed by atoms with Crippen molar-refractivity contribution in [3.05, 3.63) is 23.8 Å². The van der Waals surface area contributed by atoms with Crippen LogP contribution in [0.4, 0.5) is 13.2 Å². The van der Waals surface area contributed by atoms with Crippen LogP contribution in [-0.4, -0.2) is 37.6 Å². The third kappa shape index (κ3) is 5.15. The zero-order chi connectivity index (χ0) is 14.5. The minimum atomic E-state index is -4.42. The molecule has 0 saturated heterocycles. The number of carbonyl (C=O) groups excluding carboxylic acids is 1. The summed E-state index contributed by atoms with van der Waals surface area (Å²) in [5.74, 6) is -0.0623. The highest BCUT2D eigenvalue weighted by molar-refractivity contribution is 6.00. The van der Waals surface area contributed by atoms with Gasteiger partial charge in [-0.05, 0) is 6.92 Å². The summed E-state index contributed by atoms with van der Waals surface area (Å²) in [5, 5.41) is 5.30. The van der Waals surface area contributed by atoms with E-state index in [1.807, 2.05) is 0 Å². The van der Waals surface area contributed by atoms with Gasteiger partial charge in [-0.2, -0.15) is 13.2 Å². The van der Waals surface area contributed by atoms with E-state index >= 15 is 0 Å². The fourth-order valence-electron chi connectivity index (χ4n) is 1.46. The molecule has 1 atom stereocenters. The number of amidine groups is 1. The van der Waals surface area contributed by atoms with Crippen LogP contribution in [0.2, 0.25) is 0 Å². The van der Waals surface area contributed by atoms with Gasteiger partial charge in [-0.25, -0.2) is 0 Å². The van der Waals surface area contributed by atoms with Crippen LogP contribution in [0, 0.1) is 0 Å². The summed E-state index contributed by atoms with van der Waals surface area (Å²) in [6.45, 7) is 1.27. The summed E-state index contributed by atoms with van der Waals surface area (Å²) in [5.41, 5.74) is -0.742. The van der Waals surface area contributed by atoms with Crippen LogP contribution in [-0.2, 0) is 4.79 Å². The number of nitrogens with zero attached hydrogens (tertiary/aromatic N) is 1. The van der Waals surface area contributed by atoms with E-state index in [-0.39, 0.29) is 24.2 Å². The minimum absolute atomic E-state index is 0.0696. The van der Waals surface area contributed by atoms with E-state index in [0.717, 1.165) is 6.08 Å². The number of hydrogen-bond acceptors (Lipinski definition) is 3. The molecule has 0 spiro atoms. The molecule has 0 aliphatic carbocycles. The van der Waals surface area contributed by atoms with E-state index in [1.54, 1.807) is 13.0 Å². The topological polar surface area (TPSA) is 53.5 Å². The second kappa shape index (κ2) is 6.40. The van der Waals surface area contributed by atoms with Crippen molar-refractivity contribution in [2.24, 2.45) is 4.99 Å². The molecule has 1 amide bonds. The molecule has 0 fully saturated rings. The Labute approximate surface area is 109 Å². The molecule has 4 nitrogen and oxygen atoms in total. The standard InChI is InChI=1S/C12H16F3N3O/c1-8-4-3-5-9(12(13,14)15)7-17-10(18-8)6-11(19)16-2/h3-5,8H,6-7H2,1-2H3,(H,16,19)(H,17,18)/b4-3-,9-5+. The number of halogens is 3. The number of hydrogen-bond donors (Lipinski definition) is 2. The lowest BCUT2D eigenvalue weighted by atomic mass is 10.2. The van der Waals surface area contributed by atoms with Crippen molar-refractivity contribution in [1.29, 1.82) is 0 Å². The SMILES string of the molecule is CNC(=O)CC1=NC/C(C(F)(F)F)=C\C=C/C(C)N1. The van der Waals surface area contributed by atoms with Gasteiger partial charge in [0.1, 0.15) is 5.84 Å². The van der Waals surface area contributed by atoms with E-state index in [4.69, 9.17) is 0 Å². The molecule has 1 aliphatic heterocycles. The summed E-state index contributed by atoms with van der Waals surface area (Å²) in [6.07, 6.45) is -0.556. The Morgan fingerprint density at radius 2 is 2.26 bits per heavy atom. The van der Waals surface area contributed by atoms with Gasteiger partial charge in [0.15, 0.2) is 0 Å². The molecule has 1 aliphatic rings. The number of allylic oxidation sites excluding steroid dienone is 2. The summed E-state index contributed by atoms with van der Waals surface area (Å²) < 4.78 is 38.0. The highest BCUT2D eigenvalue weighted by atomic mass is 19.4. The molecule has 0 aromatic carbocycles. The highest BCUT2D eigenvalue weighted by Crippen LogP contribution is 2.26. The average molecular weight is 275 g/mol. The quantitative estimate of drug-likeness (QED) is 0.803. The van der Waals surface area contributed by atoms with Gasteiger partial charge in [0.25, 0.3) is 0 Å². The second-order valence-electron chi connectivity index (χ2n) is 4.12. The van der Waals surface area contributed by atoms with Gasteiger partial charge >= 0.3 is 6.18 Å². The number of aliphatic imine (C=N–C) groups is 1. The lowest BCUT2D eigenvalue weighted by molar-refractivity contribution is -0.119. The van der Waals surface area contributed by atoms with Crippen molar-refractivity contribution in [3.8, 4) is 0 Å².